The normalized spacial score (nSPS) is 13.6. The quantitative estimate of drug-likeness (QED) is 0.484. The molecule has 1 heterocycles. The average molecular weight is 414 g/mol. The van der Waals surface area contributed by atoms with Gasteiger partial charge < -0.3 is 15.5 Å². The van der Waals surface area contributed by atoms with Crippen LogP contribution in [-0.4, -0.2) is 29.9 Å². The fourth-order valence-electron chi connectivity index (χ4n) is 3.15. The van der Waals surface area contributed by atoms with E-state index in [9.17, 15) is 4.79 Å². The van der Waals surface area contributed by atoms with Crippen LogP contribution in [0.25, 0.3) is 0 Å². The molecule has 28 heavy (non-hydrogen) atoms. The number of thioether (sulfide) groups is 1. The number of aryl methyl sites for hydroxylation is 1. The highest BCUT2D eigenvalue weighted by molar-refractivity contribution is 7.98. The van der Waals surface area contributed by atoms with Gasteiger partial charge in [-0.25, -0.2) is 0 Å². The molecule has 6 heteroatoms. The third-order valence-corrected chi connectivity index (χ3v) is 6.12. The molecule has 1 amide bonds. The molecule has 2 aromatic rings. The van der Waals surface area contributed by atoms with E-state index < -0.39 is 0 Å². The highest BCUT2D eigenvalue weighted by Gasteiger charge is 2.21. The standard InChI is InChI=1S/C22H27N3OS2/c1-17-6-2-3-7-18(17)16-28-15-5-13-23-22(27)24-19-9-11-20(12-10-19)25-14-4-8-21(25)26/h2-3,6-7,9-12H,4-5,8,13-16H2,1H3,(H2,23,24,27). The smallest absolute Gasteiger partial charge is 0.227 e. The molecular formula is C22H27N3OS2. The largest absolute Gasteiger partial charge is 0.362 e. The zero-order valence-electron chi connectivity index (χ0n) is 16.2. The van der Waals surface area contributed by atoms with Crippen molar-refractivity contribution in [3.05, 3.63) is 59.7 Å². The Kier molecular flexibility index (Phi) is 7.74. The topological polar surface area (TPSA) is 44.4 Å². The van der Waals surface area contributed by atoms with E-state index in [2.05, 4.69) is 41.8 Å². The van der Waals surface area contributed by atoms with Crippen LogP contribution in [0.5, 0.6) is 0 Å². The maximum absolute atomic E-state index is 11.8. The van der Waals surface area contributed by atoms with E-state index in [1.807, 2.05) is 40.9 Å². The van der Waals surface area contributed by atoms with E-state index >= 15 is 0 Å². The Labute approximate surface area is 177 Å². The fraction of sp³-hybridized carbons (Fsp3) is 0.364. The minimum absolute atomic E-state index is 0.207. The minimum atomic E-state index is 0.207. The highest BCUT2D eigenvalue weighted by atomic mass is 32.2. The van der Waals surface area contributed by atoms with Crippen molar-refractivity contribution in [2.45, 2.75) is 31.9 Å². The van der Waals surface area contributed by atoms with Gasteiger partial charge in [-0.05, 0) is 73.1 Å². The number of anilines is 2. The molecule has 0 spiro atoms. The molecule has 148 valence electrons. The van der Waals surface area contributed by atoms with Gasteiger partial charge >= 0.3 is 0 Å². The summed E-state index contributed by atoms with van der Waals surface area (Å²) in [5.41, 5.74) is 4.66. The number of carbonyl (C=O) groups excluding carboxylic acids is 1. The minimum Gasteiger partial charge on any atom is -0.362 e. The summed E-state index contributed by atoms with van der Waals surface area (Å²) in [5, 5.41) is 7.10. The second-order valence-corrected chi connectivity index (χ2v) is 8.42. The van der Waals surface area contributed by atoms with E-state index in [1.165, 1.54) is 11.1 Å². The summed E-state index contributed by atoms with van der Waals surface area (Å²) in [6, 6.07) is 16.4. The maximum Gasteiger partial charge on any atom is 0.227 e. The van der Waals surface area contributed by atoms with E-state index in [4.69, 9.17) is 12.2 Å². The molecule has 1 fully saturated rings. The molecule has 0 radical (unpaired) electrons. The summed E-state index contributed by atoms with van der Waals surface area (Å²) in [6.45, 7) is 3.83. The summed E-state index contributed by atoms with van der Waals surface area (Å²) in [5.74, 6) is 2.36. The lowest BCUT2D eigenvalue weighted by Crippen LogP contribution is -2.29. The first-order valence-electron chi connectivity index (χ1n) is 9.71. The van der Waals surface area contributed by atoms with Crippen molar-refractivity contribution in [3.63, 3.8) is 0 Å². The second-order valence-electron chi connectivity index (χ2n) is 6.91. The maximum atomic E-state index is 11.8. The summed E-state index contributed by atoms with van der Waals surface area (Å²) in [7, 11) is 0. The predicted octanol–water partition coefficient (Wildman–Crippen LogP) is 4.73. The number of benzene rings is 2. The summed E-state index contributed by atoms with van der Waals surface area (Å²) >= 11 is 7.33. The zero-order chi connectivity index (χ0) is 19.8. The predicted molar refractivity (Wildman–Crippen MR) is 124 cm³/mol. The number of carbonyl (C=O) groups is 1. The number of rotatable bonds is 8. The molecule has 0 atom stereocenters. The van der Waals surface area contributed by atoms with Crippen molar-refractivity contribution in [3.8, 4) is 0 Å². The summed E-state index contributed by atoms with van der Waals surface area (Å²) < 4.78 is 0. The number of amides is 1. The van der Waals surface area contributed by atoms with Crippen molar-refractivity contribution in [1.82, 2.24) is 5.32 Å². The third-order valence-electron chi connectivity index (χ3n) is 4.78. The molecule has 0 aromatic heterocycles. The van der Waals surface area contributed by atoms with Crippen LogP contribution in [0.4, 0.5) is 11.4 Å². The van der Waals surface area contributed by atoms with Gasteiger partial charge in [0.25, 0.3) is 0 Å². The van der Waals surface area contributed by atoms with Crippen LogP contribution in [-0.2, 0) is 10.5 Å². The highest BCUT2D eigenvalue weighted by Crippen LogP contribution is 2.23. The van der Waals surface area contributed by atoms with Crippen LogP contribution in [0.2, 0.25) is 0 Å². The van der Waals surface area contributed by atoms with Crippen LogP contribution < -0.4 is 15.5 Å². The van der Waals surface area contributed by atoms with Gasteiger partial charge in [0.05, 0.1) is 0 Å². The van der Waals surface area contributed by atoms with Gasteiger partial charge in [-0.15, -0.1) is 0 Å². The molecular weight excluding hydrogens is 386 g/mol. The number of nitrogens with zero attached hydrogens (tertiary/aromatic N) is 1. The lowest BCUT2D eigenvalue weighted by Gasteiger charge is -2.16. The van der Waals surface area contributed by atoms with Crippen LogP contribution in [0.3, 0.4) is 0 Å². The number of thiocarbonyl (C=S) groups is 1. The summed E-state index contributed by atoms with van der Waals surface area (Å²) in [4.78, 5) is 13.6. The van der Waals surface area contributed by atoms with Crippen molar-refractivity contribution < 1.29 is 4.79 Å². The summed E-state index contributed by atoms with van der Waals surface area (Å²) in [6.07, 6.45) is 2.65. The average Bonchev–Trinajstić information content (AvgIpc) is 3.12. The monoisotopic (exact) mass is 413 g/mol. The molecule has 0 bridgehead atoms. The van der Waals surface area contributed by atoms with Crippen molar-refractivity contribution in [1.29, 1.82) is 0 Å². The number of nitrogens with one attached hydrogen (secondary N) is 2. The number of hydrogen-bond donors (Lipinski definition) is 2. The van der Waals surface area contributed by atoms with E-state index in [-0.39, 0.29) is 5.91 Å². The molecule has 0 saturated carbocycles. The fourth-order valence-corrected chi connectivity index (χ4v) is 4.41. The molecule has 4 nitrogen and oxygen atoms in total. The van der Waals surface area contributed by atoms with Gasteiger partial charge in [-0.1, -0.05) is 24.3 Å². The molecule has 3 rings (SSSR count). The molecule has 0 aliphatic carbocycles. The molecule has 1 aliphatic heterocycles. The Morgan fingerprint density at radius 1 is 1.18 bits per heavy atom. The second kappa shape index (κ2) is 10.5. The first kappa shape index (κ1) is 20.7. The van der Waals surface area contributed by atoms with E-state index in [0.29, 0.717) is 11.5 Å². The molecule has 2 N–H and O–H groups in total. The van der Waals surface area contributed by atoms with Crippen molar-refractivity contribution in [2.75, 3.05) is 29.1 Å². The Morgan fingerprint density at radius 2 is 1.96 bits per heavy atom. The lowest BCUT2D eigenvalue weighted by molar-refractivity contribution is -0.117. The van der Waals surface area contributed by atoms with Crippen molar-refractivity contribution in [2.24, 2.45) is 0 Å². The van der Waals surface area contributed by atoms with Gasteiger partial charge in [0.2, 0.25) is 5.91 Å². The van der Waals surface area contributed by atoms with Gasteiger partial charge in [0, 0.05) is 36.6 Å². The Bertz CT molecular complexity index is 808. The van der Waals surface area contributed by atoms with Gasteiger partial charge in [0.1, 0.15) is 0 Å². The van der Waals surface area contributed by atoms with Gasteiger partial charge in [-0.3, -0.25) is 4.79 Å². The van der Waals surface area contributed by atoms with Crippen LogP contribution in [0.15, 0.2) is 48.5 Å². The Morgan fingerprint density at radius 3 is 2.68 bits per heavy atom. The van der Waals surface area contributed by atoms with Gasteiger partial charge in [0.15, 0.2) is 5.11 Å². The van der Waals surface area contributed by atoms with E-state index in [1.54, 1.807) is 0 Å². The first-order valence-corrected chi connectivity index (χ1v) is 11.3. The van der Waals surface area contributed by atoms with E-state index in [0.717, 1.165) is 48.8 Å². The van der Waals surface area contributed by atoms with Crippen LogP contribution in [0, 0.1) is 6.92 Å². The number of hydrogen-bond acceptors (Lipinski definition) is 3. The molecule has 0 unspecified atom stereocenters. The SMILES string of the molecule is Cc1ccccc1CSCCCNC(=S)Nc1ccc(N2CCCC2=O)cc1. The Hall–Kier alpha value is -2.05. The van der Waals surface area contributed by atoms with Crippen LogP contribution >= 0.6 is 24.0 Å². The van der Waals surface area contributed by atoms with Gasteiger partial charge in [-0.2, -0.15) is 11.8 Å². The molecule has 1 saturated heterocycles. The molecule has 1 aliphatic rings. The molecule has 2 aromatic carbocycles. The first-order chi connectivity index (χ1) is 13.6. The van der Waals surface area contributed by atoms with Crippen LogP contribution in [0.1, 0.15) is 30.4 Å². The third kappa shape index (κ3) is 5.97. The van der Waals surface area contributed by atoms with Crippen molar-refractivity contribution >= 4 is 46.4 Å². The lowest BCUT2D eigenvalue weighted by atomic mass is 10.1. The zero-order valence-corrected chi connectivity index (χ0v) is 17.9. The Balaban J connectivity index is 1.32.